The average molecular weight is 398 g/mol. The molecule has 1 aliphatic rings. The zero-order chi connectivity index (χ0) is 18.5. The van der Waals surface area contributed by atoms with Gasteiger partial charge in [-0.3, -0.25) is 0 Å². The lowest BCUT2D eigenvalue weighted by atomic mass is 10.1. The van der Waals surface area contributed by atoms with E-state index < -0.39 is 0 Å². The summed E-state index contributed by atoms with van der Waals surface area (Å²) >= 11 is 7.99. The van der Waals surface area contributed by atoms with Gasteiger partial charge in [-0.25, -0.2) is 4.52 Å². The van der Waals surface area contributed by atoms with Gasteiger partial charge in [0.25, 0.3) is 0 Å². The van der Waals surface area contributed by atoms with Crippen LogP contribution < -0.4 is 9.47 Å². The minimum atomic E-state index is 0.584. The van der Waals surface area contributed by atoms with E-state index >= 15 is 0 Å². The molecule has 0 fully saturated rings. The van der Waals surface area contributed by atoms with Gasteiger partial charge in [0, 0.05) is 22.4 Å². The van der Waals surface area contributed by atoms with Crippen molar-refractivity contribution in [1.82, 2.24) is 14.6 Å². The predicted molar refractivity (Wildman–Crippen MR) is 107 cm³/mol. The van der Waals surface area contributed by atoms with Crippen LogP contribution in [0.1, 0.15) is 17.4 Å². The Kier molecular flexibility index (Phi) is 3.84. The second-order valence-corrected chi connectivity index (χ2v) is 7.72. The molecule has 1 aliphatic carbocycles. The summed E-state index contributed by atoms with van der Waals surface area (Å²) in [5, 5.41) is 5.40. The Hall–Kier alpha value is -2.57. The van der Waals surface area contributed by atoms with E-state index in [1.165, 1.54) is 10.4 Å². The minimum absolute atomic E-state index is 0.584. The van der Waals surface area contributed by atoms with E-state index in [1.54, 1.807) is 18.4 Å². The number of nitrogens with zero attached hydrogens (tertiary/aromatic N) is 3. The van der Waals surface area contributed by atoms with Crippen molar-refractivity contribution >= 4 is 27.9 Å². The van der Waals surface area contributed by atoms with Gasteiger partial charge in [-0.05, 0) is 36.8 Å². The van der Waals surface area contributed by atoms with E-state index in [0.29, 0.717) is 17.5 Å². The van der Waals surface area contributed by atoms with Crippen molar-refractivity contribution in [3.05, 3.63) is 51.9 Å². The Labute approximate surface area is 165 Å². The van der Waals surface area contributed by atoms with Crippen molar-refractivity contribution in [2.24, 2.45) is 0 Å². The molecule has 7 heteroatoms. The Morgan fingerprint density at radius 2 is 2.04 bits per heavy atom. The fourth-order valence-electron chi connectivity index (χ4n) is 3.50. The SMILES string of the molecule is CCOc1cc2c(cc1OC)Cc1sc3nc(-c4ccccc4Cl)nn3c1-2. The molecule has 0 aliphatic heterocycles. The van der Waals surface area contributed by atoms with Crippen molar-refractivity contribution in [3.8, 4) is 34.1 Å². The van der Waals surface area contributed by atoms with E-state index in [-0.39, 0.29) is 0 Å². The Morgan fingerprint density at radius 3 is 2.81 bits per heavy atom. The van der Waals surface area contributed by atoms with Gasteiger partial charge in [-0.1, -0.05) is 35.1 Å². The van der Waals surface area contributed by atoms with Gasteiger partial charge in [-0.2, -0.15) is 4.98 Å². The number of aromatic nitrogens is 3. The molecule has 0 radical (unpaired) electrons. The maximum atomic E-state index is 6.32. The summed E-state index contributed by atoms with van der Waals surface area (Å²) in [6.07, 6.45) is 0.852. The first-order chi connectivity index (χ1) is 13.2. The monoisotopic (exact) mass is 397 g/mol. The Bertz CT molecular complexity index is 1180. The Balaban J connectivity index is 1.68. The molecule has 0 amide bonds. The van der Waals surface area contributed by atoms with Crippen LogP contribution in [0.4, 0.5) is 0 Å². The van der Waals surface area contributed by atoms with Gasteiger partial charge in [0.1, 0.15) is 0 Å². The predicted octanol–water partition coefficient (Wildman–Crippen LogP) is 5.09. The lowest BCUT2D eigenvalue weighted by Gasteiger charge is -2.11. The van der Waals surface area contributed by atoms with Crippen molar-refractivity contribution < 1.29 is 9.47 Å². The third kappa shape index (κ3) is 2.51. The summed E-state index contributed by atoms with van der Waals surface area (Å²) in [6.45, 7) is 2.55. The number of methoxy groups -OCH3 is 1. The van der Waals surface area contributed by atoms with Crippen LogP contribution in [-0.4, -0.2) is 28.3 Å². The number of ether oxygens (including phenoxy) is 2. The van der Waals surface area contributed by atoms with Crippen LogP contribution in [0.3, 0.4) is 0 Å². The zero-order valence-corrected chi connectivity index (χ0v) is 16.4. The molecule has 0 unspecified atom stereocenters. The third-order valence-corrected chi connectivity index (χ3v) is 6.04. The normalized spacial score (nSPS) is 12.3. The minimum Gasteiger partial charge on any atom is -0.493 e. The number of hydrogen-bond acceptors (Lipinski definition) is 5. The van der Waals surface area contributed by atoms with Crippen LogP contribution in [0.5, 0.6) is 11.5 Å². The molecule has 5 rings (SSSR count). The van der Waals surface area contributed by atoms with Gasteiger partial charge in [-0.15, -0.1) is 5.10 Å². The van der Waals surface area contributed by atoms with Crippen LogP contribution in [0.2, 0.25) is 5.02 Å². The lowest BCUT2D eigenvalue weighted by molar-refractivity contribution is 0.311. The summed E-state index contributed by atoms with van der Waals surface area (Å²) < 4.78 is 13.2. The molecule has 0 bridgehead atoms. The first-order valence-corrected chi connectivity index (χ1v) is 9.86. The molecule has 0 atom stereocenters. The number of benzene rings is 2. The maximum Gasteiger partial charge on any atom is 0.213 e. The lowest BCUT2D eigenvalue weighted by Crippen LogP contribution is -1.97. The van der Waals surface area contributed by atoms with E-state index in [0.717, 1.165) is 39.7 Å². The first-order valence-electron chi connectivity index (χ1n) is 8.67. The molecule has 2 heterocycles. The smallest absolute Gasteiger partial charge is 0.213 e. The molecule has 4 aromatic rings. The van der Waals surface area contributed by atoms with E-state index in [9.17, 15) is 0 Å². The molecular formula is C20H16ClN3O2S. The van der Waals surface area contributed by atoms with E-state index in [4.69, 9.17) is 31.2 Å². The summed E-state index contributed by atoms with van der Waals surface area (Å²) in [4.78, 5) is 6.82. The molecule has 2 aromatic carbocycles. The van der Waals surface area contributed by atoms with Crippen LogP contribution >= 0.6 is 22.9 Å². The van der Waals surface area contributed by atoms with Crippen molar-refractivity contribution in [2.75, 3.05) is 13.7 Å². The number of fused-ring (bicyclic) bond motifs is 5. The molecule has 0 saturated heterocycles. The zero-order valence-electron chi connectivity index (χ0n) is 14.8. The molecule has 0 spiro atoms. The van der Waals surface area contributed by atoms with Gasteiger partial charge in [0.15, 0.2) is 17.3 Å². The molecule has 27 heavy (non-hydrogen) atoms. The highest BCUT2D eigenvalue weighted by molar-refractivity contribution is 7.17. The van der Waals surface area contributed by atoms with Crippen LogP contribution in [0.25, 0.3) is 27.6 Å². The summed E-state index contributed by atoms with van der Waals surface area (Å²) in [7, 11) is 1.67. The second kappa shape index (κ2) is 6.25. The highest BCUT2D eigenvalue weighted by Crippen LogP contribution is 2.46. The van der Waals surface area contributed by atoms with Crippen LogP contribution in [0, 0.1) is 0 Å². The average Bonchev–Trinajstić information content (AvgIpc) is 3.30. The van der Waals surface area contributed by atoms with Crippen LogP contribution in [0.15, 0.2) is 36.4 Å². The van der Waals surface area contributed by atoms with Crippen molar-refractivity contribution in [3.63, 3.8) is 0 Å². The largest absolute Gasteiger partial charge is 0.493 e. The number of thiazole rings is 1. The fraction of sp³-hybridized carbons (Fsp3) is 0.200. The molecular weight excluding hydrogens is 382 g/mol. The van der Waals surface area contributed by atoms with Gasteiger partial charge in [0.05, 0.1) is 24.4 Å². The first kappa shape index (κ1) is 16.6. The summed E-state index contributed by atoms with van der Waals surface area (Å²) in [6, 6.07) is 11.7. The molecule has 136 valence electrons. The molecule has 2 aromatic heterocycles. The molecule has 5 nitrogen and oxygen atoms in total. The van der Waals surface area contributed by atoms with E-state index in [1.807, 2.05) is 41.8 Å². The quantitative estimate of drug-likeness (QED) is 0.424. The summed E-state index contributed by atoms with van der Waals surface area (Å²) in [5.74, 6) is 2.15. The maximum absolute atomic E-state index is 6.32. The Morgan fingerprint density at radius 1 is 1.19 bits per heavy atom. The molecule has 0 saturated carbocycles. The highest BCUT2D eigenvalue weighted by atomic mass is 35.5. The second-order valence-electron chi connectivity index (χ2n) is 6.25. The van der Waals surface area contributed by atoms with Crippen LogP contribution in [-0.2, 0) is 6.42 Å². The van der Waals surface area contributed by atoms with Crippen molar-refractivity contribution in [1.29, 1.82) is 0 Å². The molecule has 0 N–H and O–H groups in total. The highest BCUT2D eigenvalue weighted by Gasteiger charge is 2.28. The fourth-order valence-corrected chi connectivity index (χ4v) is 4.81. The number of rotatable bonds is 4. The standard InChI is InChI=1S/C20H16ClN3O2S/c1-3-26-16-10-13-11(8-15(16)25-2)9-17-18(13)24-20(27-17)22-19(23-24)12-6-4-5-7-14(12)21/h4-8,10H,3,9H2,1-2H3. The van der Waals surface area contributed by atoms with E-state index in [2.05, 4.69) is 6.07 Å². The van der Waals surface area contributed by atoms with Gasteiger partial charge in [0.2, 0.25) is 4.96 Å². The number of hydrogen-bond donors (Lipinski definition) is 0. The number of halogens is 1. The summed E-state index contributed by atoms with van der Waals surface area (Å²) in [5.41, 5.74) is 4.26. The third-order valence-electron chi connectivity index (χ3n) is 4.68. The van der Waals surface area contributed by atoms with Crippen molar-refractivity contribution in [2.45, 2.75) is 13.3 Å². The van der Waals surface area contributed by atoms with Gasteiger partial charge >= 0.3 is 0 Å². The van der Waals surface area contributed by atoms with Gasteiger partial charge < -0.3 is 9.47 Å². The topological polar surface area (TPSA) is 48.7 Å².